The van der Waals surface area contributed by atoms with Gasteiger partial charge in [-0.15, -0.1) is 0 Å². The Kier molecular flexibility index (Phi) is 4.25. The van der Waals surface area contributed by atoms with Crippen molar-refractivity contribution in [3.05, 3.63) is 59.3 Å². The highest BCUT2D eigenvalue weighted by molar-refractivity contribution is 6.04. The summed E-state index contributed by atoms with van der Waals surface area (Å²) in [5, 5.41) is 9.88. The minimum absolute atomic E-state index is 0.158. The largest absolute Gasteiger partial charge is 0.338 e. The number of para-hydroxylation sites is 1. The van der Waals surface area contributed by atoms with E-state index >= 15 is 0 Å². The number of imide groups is 1. The number of hydroxylamine groups is 1. The van der Waals surface area contributed by atoms with E-state index in [1.54, 1.807) is 23.5 Å². The van der Waals surface area contributed by atoms with E-state index in [0.29, 0.717) is 26.1 Å². The summed E-state index contributed by atoms with van der Waals surface area (Å²) in [6, 6.07) is 7.77. The van der Waals surface area contributed by atoms with Crippen molar-refractivity contribution < 1.29 is 19.6 Å². The van der Waals surface area contributed by atoms with E-state index in [2.05, 4.69) is 4.57 Å². The van der Waals surface area contributed by atoms with Gasteiger partial charge in [-0.3, -0.25) is 19.7 Å². The lowest BCUT2D eigenvalue weighted by molar-refractivity contribution is -0.132. The van der Waals surface area contributed by atoms with Crippen molar-refractivity contribution in [2.75, 3.05) is 13.6 Å². The number of hydrogen-bond acceptors (Lipinski definition) is 4. The molecule has 3 heterocycles. The Morgan fingerprint density at radius 3 is 2.80 bits per heavy atom. The van der Waals surface area contributed by atoms with Crippen LogP contribution in [-0.4, -0.2) is 51.0 Å². The van der Waals surface area contributed by atoms with Gasteiger partial charge in [-0.2, -0.15) is 0 Å². The molecule has 1 saturated heterocycles. The van der Waals surface area contributed by atoms with Crippen LogP contribution in [0.15, 0.2) is 48.1 Å². The molecule has 2 aliphatic heterocycles. The number of fused-ring (bicyclic) bond motifs is 6. The number of rotatable bonds is 3. The van der Waals surface area contributed by atoms with Gasteiger partial charge in [0.2, 0.25) is 5.91 Å². The molecule has 2 aromatic rings. The van der Waals surface area contributed by atoms with E-state index in [1.165, 1.54) is 4.90 Å². The van der Waals surface area contributed by atoms with Crippen molar-refractivity contribution in [3.63, 3.8) is 0 Å². The van der Waals surface area contributed by atoms with Crippen LogP contribution in [-0.2, 0) is 22.7 Å². The van der Waals surface area contributed by atoms with Crippen molar-refractivity contribution in [1.82, 2.24) is 19.8 Å². The summed E-state index contributed by atoms with van der Waals surface area (Å²) in [4.78, 5) is 40.0. The van der Waals surface area contributed by atoms with Crippen LogP contribution in [0.25, 0.3) is 10.9 Å². The van der Waals surface area contributed by atoms with E-state index in [1.807, 2.05) is 36.4 Å². The maximum absolute atomic E-state index is 12.9. The van der Waals surface area contributed by atoms with Crippen LogP contribution in [0.2, 0.25) is 0 Å². The predicted molar refractivity (Wildman–Crippen MR) is 109 cm³/mol. The van der Waals surface area contributed by atoms with Crippen LogP contribution >= 0.6 is 0 Å². The fourth-order valence-electron chi connectivity index (χ4n) is 4.81. The minimum atomic E-state index is -0.424. The first-order valence-corrected chi connectivity index (χ1v) is 9.97. The number of benzene rings is 1. The van der Waals surface area contributed by atoms with Gasteiger partial charge in [0.15, 0.2) is 0 Å². The molecule has 2 N–H and O–H groups in total. The highest BCUT2D eigenvalue weighted by Gasteiger charge is 2.44. The molecule has 154 valence electrons. The number of nitrogens with zero attached hydrogens (tertiary/aromatic N) is 3. The molecule has 8 nitrogen and oxygen atoms in total. The van der Waals surface area contributed by atoms with Crippen molar-refractivity contribution in [2.45, 2.75) is 25.4 Å². The van der Waals surface area contributed by atoms with Gasteiger partial charge < -0.3 is 9.47 Å². The lowest BCUT2D eigenvalue weighted by Crippen LogP contribution is -2.56. The predicted octanol–water partition coefficient (Wildman–Crippen LogP) is 2.14. The Morgan fingerprint density at radius 2 is 2.07 bits per heavy atom. The molecule has 1 aromatic carbocycles. The molecule has 3 aliphatic rings. The Balaban J connectivity index is 1.56. The van der Waals surface area contributed by atoms with Gasteiger partial charge >= 0.3 is 6.03 Å². The summed E-state index contributed by atoms with van der Waals surface area (Å²) in [5.41, 5.74) is 5.78. The van der Waals surface area contributed by atoms with E-state index in [0.717, 1.165) is 27.7 Å². The zero-order valence-corrected chi connectivity index (χ0v) is 16.5. The van der Waals surface area contributed by atoms with Crippen molar-refractivity contribution in [3.8, 4) is 0 Å². The standard InChI is InChI=1S/C22H22N4O4/c1-24-21(28)16-11-25(22(24)29)12-18-19(16)15-4-2-3-5-17(15)26(18)10-13-6-8-14(9-7-13)20(27)23-30/h2-8,14,16,30H,9-12H2,1H3,(H,23,27). The molecule has 1 aliphatic carbocycles. The first kappa shape index (κ1) is 18.6. The summed E-state index contributed by atoms with van der Waals surface area (Å²) in [7, 11) is 1.55. The van der Waals surface area contributed by atoms with E-state index in [4.69, 9.17) is 5.21 Å². The van der Waals surface area contributed by atoms with Crippen molar-refractivity contribution >= 4 is 28.7 Å². The molecule has 2 atom stereocenters. The number of aromatic nitrogens is 1. The van der Waals surface area contributed by atoms with Gasteiger partial charge in [-0.1, -0.05) is 36.4 Å². The normalized spacial score (nSPS) is 22.9. The Hall–Kier alpha value is -3.39. The smallest absolute Gasteiger partial charge is 0.326 e. The fourth-order valence-corrected chi connectivity index (χ4v) is 4.81. The number of nitrogens with one attached hydrogen (secondary N) is 1. The quantitative estimate of drug-likeness (QED) is 0.603. The fraction of sp³-hybridized carbons (Fsp3) is 0.318. The summed E-state index contributed by atoms with van der Waals surface area (Å²) in [6.07, 6.45) is 6.20. The second-order valence-corrected chi connectivity index (χ2v) is 8.03. The summed E-state index contributed by atoms with van der Waals surface area (Å²) < 4.78 is 2.18. The SMILES string of the molecule is CN1C(=O)C2CN(Cc3c2c2ccccc2n3CC2=CCC(C(=O)NO)C=C2)C1=O. The van der Waals surface area contributed by atoms with Crippen LogP contribution in [0.1, 0.15) is 23.6 Å². The Labute approximate surface area is 173 Å². The second kappa shape index (κ2) is 6.84. The van der Waals surface area contributed by atoms with E-state index in [-0.39, 0.29) is 23.8 Å². The molecule has 1 fully saturated rings. The second-order valence-electron chi connectivity index (χ2n) is 8.03. The molecule has 30 heavy (non-hydrogen) atoms. The molecule has 8 heteroatoms. The molecule has 0 spiro atoms. The van der Waals surface area contributed by atoms with Gasteiger partial charge in [-0.05, 0) is 23.6 Å². The van der Waals surface area contributed by atoms with Crippen LogP contribution in [0.4, 0.5) is 4.79 Å². The third-order valence-electron chi connectivity index (χ3n) is 6.36. The minimum Gasteiger partial charge on any atom is -0.338 e. The lowest BCUT2D eigenvalue weighted by atomic mass is 9.89. The monoisotopic (exact) mass is 406 g/mol. The summed E-state index contributed by atoms with van der Waals surface area (Å²) in [6.45, 7) is 1.46. The number of urea groups is 1. The molecule has 5 rings (SSSR count). The first-order valence-electron chi connectivity index (χ1n) is 9.97. The van der Waals surface area contributed by atoms with Crippen LogP contribution in [0.5, 0.6) is 0 Å². The molecule has 4 amide bonds. The highest BCUT2D eigenvalue weighted by Crippen LogP contribution is 2.40. The molecule has 2 unspecified atom stereocenters. The van der Waals surface area contributed by atoms with Crippen LogP contribution in [0.3, 0.4) is 0 Å². The molecule has 0 saturated carbocycles. The van der Waals surface area contributed by atoms with Gasteiger partial charge in [-0.25, -0.2) is 10.3 Å². The number of hydrogen-bond donors (Lipinski definition) is 2. The average molecular weight is 406 g/mol. The number of likely N-dealkylation sites (N-methyl/N-ethyl adjacent to an activating group) is 1. The third-order valence-corrected chi connectivity index (χ3v) is 6.36. The number of carbonyl (C=O) groups excluding carboxylic acids is 3. The Morgan fingerprint density at radius 1 is 1.27 bits per heavy atom. The number of allylic oxidation sites excluding steroid dienone is 3. The zero-order valence-electron chi connectivity index (χ0n) is 16.5. The summed E-state index contributed by atoms with van der Waals surface area (Å²) in [5.74, 6) is -1.32. The summed E-state index contributed by atoms with van der Waals surface area (Å²) >= 11 is 0. The topological polar surface area (TPSA) is 94.9 Å². The first-order chi connectivity index (χ1) is 14.5. The van der Waals surface area contributed by atoms with Gasteiger partial charge in [0.05, 0.1) is 18.4 Å². The van der Waals surface area contributed by atoms with E-state index < -0.39 is 5.91 Å². The van der Waals surface area contributed by atoms with E-state index in [9.17, 15) is 14.4 Å². The Bertz CT molecular complexity index is 1150. The molecule has 1 aromatic heterocycles. The van der Waals surface area contributed by atoms with Gasteiger partial charge in [0.1, 0.15) is 0 Å². The maximum Gasteiger partial charge on any atom is 0.326 e. The number of carbonyl (C=O) groups is 3. The van der Waals surface area contributed by atoms with Crippen molar-refractivity contribution in [1.29, 1.82) is 0 Å². The highest BCUT2D eigenvalue weighted by atomic mass is 16.5. The van der Waals surface area contributed by atoms with Crippen LogP contribution in [0, 0.1) is 5.92 Å². The van der Waals surface area contributed by atoms with Crippen LogP contribution < -0.4 is 5.48 Å². The molecular formula is C22H22N4O4. The zero-order chi connectivity index (χ0) is 21.0. The molecule has 2 bridgehead atoms. The molecular weight excluding hydrogens is 384 g/mol. The molecule has 0 radical (unpaired) electrons. The lowest BCUT2D eigenvalue weighted by Gasteiger charge is -2.41. The maximum atomic E-state index is 12.9. The number of amides is 4. The van der Waals surface area contributed by atoms with Gasteiger partial charge in [0.25, 0.3) is 5.91 Å². The van der Waals surface area contributed by atoms with Gasteiger partial charge in [0, 0.05) is 36.7 Å². The van der Waals surface area contributed by atoms with Crippen molar-refractivity contribution in [2.24, 2.45) is 5.92 Å². The third kappa shape index (κ3) is 2.68. The average Bonchev–Trinajstić information content (AvgIpc) is 3.09.